The Kier molecular flexibility index (Phi) is 8.46. The van der Waals surface area contributed by atoms with Crippen molar-refractivity contribution in [1.29, 1.82) is 0 Å². The predicted molar refractivity (Wildman–Crippen MR) is 123 cm³/mol. The summed E-state index contributed by atoms with van der Waals surface area (Å²) < 4.78 is 13.5. The zero-order valence-corrected chi connectivity index (χ0v) is 19.1. The van der Waals surface area contributed by atoms with Crippen molar-refractivity contribution in [3.05, 3.63) is 58.6 Å². The number of likely N-dealkylation sites (N-methyl/N-ethyl adjacent to an activating group) is 1. The van der Waals surface area contributed by atoms with Crippen LogP contribution in [-0.2, 0) is 4.79 Å². The van der Waals surface area contributed by atoms with Crippen molar-refractivity contribution < 1.29 is 18.8 Å². The number of carbonyl (C=O) groups is 3. The number of hydrogen-bond donors (Lipinski definition) is 1. The number of carbonyl (C=O) groups excluding carboxylic acids is 3. The molecule has 0 aromatic heterocycles. The van der Waals surface area contributed by atoms with Crippen LogP contribution in [-0.4, -0.2) is 66.3 Å². The summed E-state index contributed by atoms with van der Waals surface area (Å²) in [5, 5.41) is 0. The van der Waals surface area contributed by atoms with E-state index in [1.807, 2.05) is 20.8 Å². The van der Waals surface area contributed by atoms with Gasteiger partial charge in [-0.1, -0.05) is 25.1 Å². The minimum absolute atomic E-state index is 0.0165. The second-order valence-electron chi connectivity index (χ2n) is 8.42. The quantitative estimate of drug-likeness (QED) is 0.469. The fourth-order valence-corrected chi connectivity index (χ4v) is 3.41. The molecule has 0 bridgehead atoms. The molecule has 172 valence electrons. The number of aldehydes is 1. The highest BCUT2D eigenvalue weighted by Crippen LogP contribution is 2.25. The first kappa shape index (κ1) is 25.0. The molecular weight excluding hydrogens is 411 g/mol. The van der Waals surface area contributed by atoms with Gasteiger partial charge in [0.05, 0.1) is 24.0 Å². The number of nitrogens with two attached hydrogens (primary N) is 1. The maximum absolute atomic E-state index is 13.5. The highest BCUT2D eigenvalue weighted by Gasteiger charge is 2.34. The van der Waals surface area contributed by atoms with E-state index < -0.39 is 5.91 Å². The third-order valence-electron chi connectivity index (χ3n) is 5.80. The monoisotopic (exact) mass is 442 g/mol. The number of benzene rings is 1. The summed E-state index contributed by atoms with van der Waals surface area (Å²) >= 11 is 0. The van der Waals surface area contributed by atoms with Crippen LogP contribution in [0, 0.1) is 0 Å². The molecule has 0 fully saturated rings. The zero-order valence-electron chi connectivity index (χ0n) is 19.1. The molecule has 1 aliphatic heterocycles. The Morgan fingerprint density at radius 2 is 2.03 bits per heavy atom. The van der Waals surface area contributed by atoms with Crippen LogP contribution in [0.5, 0.6) is 0 Å². The van der Waals surface area contributed by atoms with Crippen molar-refractivity contribution in [3.8, 4) is 0 Å². The summed E-state index contributed by atoms with van der Waals surface area (Å²) in [6.45, 7) is 6.52. The van der Waals surface area contributed by atoms with Gasteiger partial charge < -0.3 is 15.5 Å². The van der Waals surface area contributed by atoms with Gasteiger partial charge in [0.2, 0.25) is 0 Å². The van der Waals surface area contributed by atoms with Crippen LogP contribution >= 0.6 is 0 Å². The summed E-state index contributed by atoms with van der Waals surface area (Å²) in [7, 11) is 1.52. The Balaban J connectivity index is 2.07. The molecule has 8 heteroatoms. The second-order valence-corrected chi connectivity index (χ2v) is 8.42. The molecule has 2 amide bonds. The maximum Gasteiger partial charge on any atom is 0.257 e. The van der Waals surface area contributed by atoms with Gasteiger partial charge in [0.1, 0.15) is 0 Å². The van der Waals surface area contributed by atoms with Crippen molar-refractivity contribution in [3.63, 3.8) is 0 Å². The van der Waals surface area contributed by atoms with Crippen molar-refractivity contribution in [1.82, 2.24) is 9.80 Å². The molecule has 0 unspecified atom stereocenters. The average Bonchev–Trinajstić information content (AvgIpc) is 2.79. The van der Waals surface area contributed by atoms with Crippen LogP contribution in [0.15, 0.2) is 52.4 Å². The van der Waals surface area contributed by atoms with Crippen LogP contribution in [0.2, 0.25) is 0 Å². The number of hydrogen-bond acceptors (Lipinski definition) is 5. The largest absolute Gasteiger partial charge is 0.401 e. The van der Waals surface area contributed by atoms with Gasteiger partial charge in [0.15, 0.2) is 6.29 Å². The molecule has 0 saturated heterocycles. The lowest BCUT2D eigenvalue weighted by Crippen LogP contribution is -2.51. The number of halogens is 1. The van der Waals surface area contributed by atoms with Gasteiger partial charge in [0.25, 0.3) is 11.8 Å². The molecule has 0 radical (unpaired) electrons. The third kappa shape index (κ3) is 5.69. The molecule has 7 nitrogen and oxygen atoms in total. The lowest BCUT2D eigenvalue weighted by Gasteiger charge is -2.40. The molecule has 32 heavy (non-hydrogen) atoms. The first-order valence-corrected chi connectivity index (χ1v) is 10.5. The first-order chi connectivity index (χ1) is 15.2. The molecule has 1 aliphatic rings. The van der Waals surface area contributed by atoms with Crippen LogP contribution in [0.25, 0.3) is 0 Å². The van der Waals surface area contributed by atoms with Crippen LogP contribution in [0.3, 0.4) is 0 Å². The molecule has 1 aromatic rings. The summed E-state index contributed by atoms with van der Waals surface area (Å²) in [4.78, 5) is 44.0. The number of amides is 2. The summed E-state index contributed by atoms with van der Waals surface area (Å²) in [5.74, 6) is -0.587. The van der Waals surface area contributed by atoms with Gasteiger partial charge in [-0.2, -0.15) is 0 Å². The van der Waals surface area contributed by atoms with E-state index in [0.29, 0.717) is 36.9 Å². The molecule has 0 spiro atoms. The molecule has 1 heterocycles. The molecular formula is C24H31FN4O3. The van der Waals surface area contributed by atoms with Gasteiger partial charge in [-0.15, -0.1) is 0 Å². The van der Waals surface area contributed by atoms with E-state index in [1.54, 1.807) is 29.2 Å². The predicted octanol–water partition coefficient (Wildman–Crippen LogP) is 3.13. The maximum atomic E-state index is 13.5. The van der Waals surface area contributed by atoms with Crippen molar-refractivity contribution in [2.24, 2.45) is 10.7 Å². The molecule has 0 aliphatic carbocycles. The lowest BCUT2D eigenvalue weighted by atomic mass is 9.94. The first-order valence-electron chi connectivity index (χ1n) is 10.5. The van der Waals surface area contributed by atoms with Crippen molar-refractivity contribution >= 4 is 24.3 Å². The van der Waals surface area contributed by atoms with E-state index >= 15 is 0 Å². The van der Waals surface area contributed by atoms with Crippen LogP contribution < -0.4 is 5.73 Å². The van der Waals surface area contributed by atoms with Gasteiger partial charge in [-0.05, 0) is 31.9 Å². The lowest BCUT2D eigenvalue weighted by molar-refractivity contribution is -0.132. The highest BCUT2D eigenvalue weighted by molar-refractivity contribution is 6.13. The topological polar surface area (TPSA) is 96.1 Å². The average molecular weight is 443 g/mol. The van der Waals surface area contributed by atoms with E-state index in [9.17, 15) is 18.8 Å². The van der Waals surface area contributed by atoms with Crippen molar-refractivity contribution in [2.75, 3.05) is 26.7 Å². The Bertz CT molecular complexity index is 966. The summed E-state index contributed by atoms with van der Waals surface area (Å²) in [6.07, 6.45) is 3.75. The summed E-state index contributed by atoms with van der Waals surface area (Å²) in [6, 6.07) is 6.42. The minimum atomic E-state index is -0.400. The molecule has 0 saturated carbocycles. The normalized spacial score (nSPS) is 15.5. The standard InChI is InChI=1S/C24H31FN4O3/c1-5-24(2,3)29-11-10-21(26)20(23(29)32)14-27-13-17(12-25)15-28(4)22(31)19-9-7-6-8-18(19)16-30/h6-9,12,14,16H,5,10-11,13,15,26H2,1-4H3/b17-12-,27-14?. The Morgan fingerprint density at radius 1 is 1.34 bits per heavy atom. The van der Waals surface area contributed by atoms with Crippen molar-refractivity contribution in [2.45, 2.75) is 39.2 Å². The fraction of sp³-hybridized carbons (Fsp3) is 0.417. The Hall–Kier alpha value is -3.29. The third-order valence-corrected chi connectivity index (χ3v) is 5.80. The molecule has 2 rings (SSSR count). The van der Waals surface area contributed by atoms with E-state index in [0.717, 1.165) is 6.42 Å². The van der Waals surface area contributed by atoms with Gasteiger partial charge in [-0.25, -0.2) is 4.39 Å². The van der Waals surface area contributed by atoms with Crippen LogP contribution in [0.4, 0.5) is 4.39 Å². The van der Waals surface area contributed by atoms with Gasteiger partial charge >= 0.3 is 0 Å². The fourth-order valence-electron chi connectivity index (χ4n) is 3.41. The van der Waals surface area contributed by atoms with E-state index in [2.05, 4.69) is 4.99 Å². The van der Waals surface area contributed by atoms with E-state index in [4.69, 9.17) is 5.73 Å². The Labute approximate surface area is 188 Å². The smallest absolute Gasteiger partial charge is 0.257 e. The molecule has 0 atom stereocenters. The SMILES string of the molecule is CCC(C)(C)N1CCC(N)=C(C=NC/C(=C/F)CN(C)C(=O)c2ccccc2C=O)C1=O. The van der Waals surface area contributed by atoms with Gasteiger partial charge in [0, 0.05) is 49.6 Å². The zero-order chi connectivity index (χ0) is 23.9. The minimum Gasteiger partial charge on any atom is -0.401 e. The second kappa shape index (κ2) is 10.8. The molecule has 1 aromatic carbocycles. The number of nitrogens with zero attached hydrogens (tertiary/aromatic N) is 3. The van der Waals surface area contributed by atoms with Crippen LogP contribution in [0.1, 0.15) is 54.3 Å². The number of rotatable bonds is 9. The number of aliphatic imine (C=N–C) groups is 1. The molecule has 2 N–H and O–H groups in total. The highest BCUT2D eigenvalue weighted by atomic mass is 19.1. The Morgan fingerprint density at radius 3 is 2.66 bits per heavy atom. The summed E-state index contributed by atoms with van der Waals surface area (Å²) in [5.41, 5.74) is 7.29. The van der Waals surface area contributed by atoms with E-state index in [1.165, 1.54) is 18.2 Å². The van der Waals surface area contributed by atoms with Gasteiger partial charge in [-0.3, -0.25) is 19.4 Å². The van der Waals surface area contributed by atoms with E-state index in [-0.39, 0.29) is 41.2 Å².